The van der Waals surface area contributed by atoms with Crippen molar-refractivity contribution in [2.24, 2.45) is 0 Å². The second-order valence-electron chi connectivity index (χ2n) is 8.04. The van der Waals surface area contributed by atoms with Crippen LogP contribution >= 0.6 is 11.6 Å². The number of ether oxygens (including phenoxy) is 2. The molecule has 0 atom stereocenters. The number of carbonyl (C=O) groups excluding carboxylic acids is 1. The van der Waals surface area contributed by atoms with Crippen LogP contribution in [0.4, 0.5) is 20.3 Å². The van der Waals surface area contributed by atoms with E-state index in [0.29, 0.717) is 6.61 Å². The number of amides is 1. The highest BCUT2D eigenvalue weighted by molar-refractivity contribution is 6.34. The van der Waals surface area contributed by atoms with E-state index in [1.807, 2.05) is 0 Å². The third kappa shape index (κ3) is 6.13. The number of nitrogens with two attached hydrogens (primary N) is 1. The molecular formula is C26H22ClF2N5O5. The fourth-order valence-electron chi connectivity index (χ4n) is 3.54. The first kappa shape index (κ1) is 27.5. The normalized spacial score (nSPS) is 10.9. The van der Waals surface area contributed by atoms with Crippen molar-refractivity contribution in [2.45, 2.75) is 13.5 Å². The summed E-state index contributed by atoms with van der Waals surface area (Å²) in [5, 5.41) is 2.45. The van der Waals surface area contributed by atoms with Gasteiger partial charge >= 0.3 is 5.69 Å². The molecule has 2 aromatic carbocycles. The summed E-state index contributed by atoms with van der Waals surface area (Å²) in [4.78, 5) is 43.2. The number of anilines is 2. The Bertz CT molecular complexity index is 1640. The summed E-state index contributed by atoms with van der Waals surface area (Å²) in [6, 6.07) is 9.62. The van der Waals surface area contributed by atoms with Crippen LogP contribution in [0.5, 0.6) is 11.5 Å². The molecule has 0 unspecified atom stereocenters. The highest BCUT2D eigenvalue weighted by Crippen LogP contribution is 2.33. The lowest BCUT2D eigenvalue weighted by Gasteiger charge is -2.14. The van der Waals surface area contributed by atoms with E-state index < -0.39 is 34.4 Å². The van der Waals surface area contributed by atoms with Crippen LogP contribution in [0.2, 0.25) is 5.02 Å². The molecule has 0 fully saturated rings. The number of nitrogens with one attached hydrogen (secondary N) is 1. The Hall–Kier alpha value is -4.55. The van der Waals surface area contributed by atoms with Crippen molar-refractivity contribution in [3.63, 3.8) is 0 Å². The molecule has 0 radical (unpaired) electrons. The van der Waals surface area contributed by atoms with Crippen LogP contribution in [0.3, 0.4) is 0 Å². The number of aromatic nitrogens is 3. The van der Waals surface area contributed by atoms with Gasteiger partial charge in [0.15, 0.2) is 17.3 Å². The Kier molecular flexibility index (Phi) is 8.37. The Morgan fingerprint density at radius 3 is 2.54 bits per heavy atom. The fraction of sp³-hybridized carbons (Fsp3) is 0.154. The van der Waals surface area contributed by atoms with Crippen molar-refractivity contribution in [3.05, 3.63) is 104 Å². The molecule has 4 aromatic rings. The molecule has 0 aliphatic rings. The van der Waals surface area contributed by atoms with E-state index in [-0.39, 0.29) is 46.9 Å². The molecule has 3 N–H and O–H groups in total. The minimum Gasteiger partial charge on any atom is -0.453 e. The molecule has 2 heterocycles. The first-order chi connectivity index (χ1) is 18.7. The number of carbonyl (C=O) groups is 1. The minimum absolute atomic E-state index is 0.00462. The minimum atomic E-state index is -0.942. The van der Waals surface area contributed by atoms with Gasteiger partial charge in [0, 0.05) is 36.8 Å². The number of pyridine rings is 1. The third-order valence-electron chi connectivity index (χ3n) is 5.46. The number of halogens is 3. The van der Waals surface area contributed by atoms with Gasteiger partial charge in [-0.25, -0.2) is 23.1 Å². The molecule has 0 saturated heterocycles. The van der Waals surface area contributed by atoms with Gasteiger partial charge in [-0.05, 0) is 43.3 Å². The summed E-state index contributed by atoms with van der Waals surface area (Å²) >= 11 is 6.03. The number of hydrogen-bond donors (Lipinski definition) is 2. The molecule has 0 aliphatic heterocycles. The van der Waals surface area contributed by atoms with E-state index in [1.54, 1.807) is 6.92 Å². The standard InChI is InChI=1S/C26H22ClF2N5O5/c1-2-38-12-11-33-14-18(25(36)34(26(33)37)17-6-3-15(28)4-7-17)24(35)32-16-5-8-20(19(29)13-16)39-21-9-10-31-23(30)22(21)27/h3-10,13-14H,2,11-12H2,1H3,(H2,30,31)(H,32,35). The molecule has 0 saturated carbocycles. The Morgan fingerprint density at radius 2 is 1.85 bits per heavy atom. The van der Waals surface area contributed by atoms with E-state index in [9.17, 15) is 23.2 Å². The molecule has 39 heavy (non-hydrogen) atoms. The summed E-state index contributed by atoms with van der Waals surface area (Å²) in [6.45, 7) is 2.35. The maximum absolute atomic E-state index is 14.8. The first-order valence-corrected chi connectivity index (χ1v) is 12.0. The van der Waals surface area contributed by atoms with Gasteiger partial charge in [-0.1, -0.05) is 11.6 Å². The Morgan fingerprint density at radius 1 is 1.10 bits per heavy atom. The first-order valence-electron chi connectivity index (χ1n) is 11.6. The molecule has 0 bridgehead atoms. The van der Waals surface area contributed by atoms with Crippen molar-refractivity contribution >= 4 is 29.0 Å². The number of hydrogen-bond acceptors (Lipinski definition) is 7. The van der Waals surface area contributed by atoms with Crippen LogP contribution in [0.25, 0.3) is 5.69 Å². The average Bonchev–Trinajstić information content (AvgIpc) is 2.90. The largest absolute Gasteiger partial charge is 0.453 e. The van der Waals surface area contributed by atoms with Crippen molar-refractivity contribution in [3.8, 4) is 17.2 Å². The van der Waals surface area contributed by atoms with Gasteiger partial charge in [0.25, 0.3) is 11.5 Å². The van der Waals surface area contributed by atoms with Gasteiger partial charge in [0.05, 0.1) is 18.8 Å². The zero-order chi connectivity index (χ0) is 28.1. The SMILES string of the molecule is CCOCCn1cc(C(=O)Nc2ccc(Oc3ccnc(N)c3Cl)c(F)c2)c(=O)n(-c2ccc(F)cc2)c1=O. The molecule has 2 aromatic heterocycles. The van der Waals surface area contributed by atoms with E-state index in [4.69, 9.17) is 26.8 Å². The van der Waals surface area contributed by atoms with Crippen molar-refractivity contribution in [2.75, 3.05) is 24.3 Å². The van der Waals surface area contributed by atoms with Crippen LogP contribution in [0.1, 0.15) is 17.3 Å². The molecule has 202 valence electrons. The molecule has 10 nitrogen and oxygen atoms in total. The van der Waals surface area contributed by atoms with E-state index in [1.165, 1.54) is 36.5 Å². The second-order valence-corrected chi connectivity index (χ2v) is 8.42. The van der Waals surface area contributed by atoms with Crippen molar-refractivity contribution in [1.82, 2.24) is 14.1 Å². The lowest BCUT2D eigenvalue weighted by atomic mass is 10.2. The summed E-state index contributed by atoms with van der Waals surface area (Å²) in [5.74, 6) is -2.43. The van der Waals surface area contributed by atoms with Gasteiger partial charge in [0.1, 0.15) is 22.2 Å². The van der Waals surface area contributed by atoms with Crippen LogP contribution in [-0.4, -0.2) is 33.2 Å². The molecule has 0 aliphatic carbocycles. The number of nitrogens with zero attached hydrogens (tertiary/aromatic N) is 3. The predicted octanol–water partition coefficient (Wildman–Crippen LogP) is 3.99. The number of nitrogen functional groups attached to an aromatic ring is 1. The van der Waals surface area contributed by atoms with Crippen molar-refractivity contribution < 1.29 is 23.0 Å². The van der Waals surface area contributed by atoms with E-state index >= 15 is 0 Å². The lowest BCUT2D eigenvalue weighted by Crippen LogP contribution is -2.42. The van der Waals surface area contributed by atoms with Crippen LogP contribution in [0.15, 0.2) is 70.5 Å². The highest BCUT2D eigenvalue weighted by atomic mass is 35.5. The van der Waals surface area contributed by atoms with Gasteiger partial charge in [-0.15, -0.1) is 0 Å². The van der Waals surface area contributed by atoms with Gasteiger partial charge in [0.2, 0.25) is 0 Å². The monoisotopic (exact) mass is 557 g/mol. The zero-order valence-corrected chi connectivity index (χ0v) is 21.2. The maximum Gasteiger partial charge on any atom is 0.335 e. The molecule has 13 heteroatoms. The zero-order valence-electron chi connectivity index (χ0n) is 20.5. The molecule has 0 spiro atoms. The number of rotatable bonds is 9. The molecule has 1 amide bonds. The van der Waals surface area contributed by atoms with Crippen LogP contribution < -0.4 is 27.0 Å². The average molecular weight is 558 g/mol. The Balaban J connectivity index is 1.65. The highest BCUT2D eigenvalue weighted by Gasteiger charge is 2.20. The smallest absolute Gasteiger partial charge is 0.335 e. The summed E-state index contributed by atoms with van der Waals surface area (Å²) in [7, 11) is 0. The summed E-state index contributed by atoms with van der Waals surface area (Å²) in [5.41, 5.74) is 3.60. The lowest BCUT2D eigenvalue weighted by molar-refractivity contribution is 0.102. The predicted molar refractivity (Wildman–Crippen MR) is 141 cm³/mol. The van der Waals surface area contributed by atoms with Crippen LogP contribution in [0, 0.1) is 11.6 Å². The fourth-order valence-corrected chi connectivity index (χ4v) is 3.69. The third-order valence-corrected chi connectivity index (χ3v) is 5.84. The second kappa shape index (κ2) is 11.9. The van der Waals surface area contributed by atoms with Crippen LogP contribution in [-0.2, 0) is 11.3 Å². The van der Waals surface area contributed by atoms with Crippen molar-refractivity contribution in [1.29, 1.82) is 0 Å². The number of benzene rings is 2. The van der Waals surface area contributed by atoms with Gasteiger partial charge < -0.3 is 20.5 Å². The quantitative estimate of drug-likeness (QED) is 0.298. The van der Waals surface area contributed by atoms with Gasteiger partial charge in [-0.2, -0.15) is 0 Å². The summed E-state index contributed by atoms with van der Waals surface area (Å²) < 4.78 is 40.9. The maximum atomic E-state index is 14.8. The molecular weight excluding hydrogens is 536 g/mol. The van der Waals surface area contributed by atoms with E-state index in [2.05, 4.69) is 10.3 Å². The summed E-state index contributed by atoms with van der Waals surface area (Å²) in [6.07, 6.45) is 2.44. The van der Waals surface area contributed by atoms with E-state index in [0.717, 1.165) is 33.5 Å². The van der Waals surface area contributed by atoms with Gasteiger partial charge in [-0.3, -0.25) is 14.2 Å². The Labute approximate surface area is 225 Å². The topological polar surface area (TPSA) is 130 Å². The molecule has 4 rings (SSSR count).